The fourth-order valence-electron chi connectivity index (χ4n) is 4.70. The van der Waals surface area contributed by atoms with Crippen LogP contribution in [0.2, 0.25) is 0 Å². The van der Waals surface area contributed by atoms with E-state index in [0.717, 1.165) is 27.7 Å². The molecule has 1 atom stereocenters. The monoisotopic (exact) mass is 511 g/mol. The van der Waals surface area contributed by atoms with Gasteiger partial charge in [-0.15, -0.1) is 5.10 Å². The third-order valence-corrected chi connectivity index (χ3v) is 8.18. The lowest BCUT2D eigenvalue weighted by molar-refractivity contribution is -0.119. The van der Waals surface area contributed by atoms with E-state index < -0.39 is 10.0 Å². The van der Waals surface area contributed by atoms with Gasteiger partial charge in [-0.05, 0) is 61.4 Å². The van der Waals surface area contributed by atoms with Gasteiger partial charge in [0.2, 0.25) is 5.03 Å². The molecule has 1 fully saturated rings. The second-order valence-electron chi connectivity index (χ2n) is 9.02. The highest BCUT2D eigenvalue weighted by Gasteiger charge is 2.37. The number of ketones is 1. The van der Waals surface area contributed by atoms with Crippen LogP contribution >= 0.6 is 0 Å². The molecule has 0 N–H and O–H groups in total. The number of benzene rings is 2. The minimum atomic E-state index is -3.84. The molecular weight excluding hydrogens is 485 g/mol. The summed E-state index contributed by atoms with van der Waals surface area (Å²) in [6, 6.07) is 9.74. The van der Waals surface area contributed by atoms with Crippen molar-refractivity contribution in [2.75, 3.05) is 26.2 Å². The van der Waals surface area contributed by atoms with E-state index >= 15 is 0 Å². The predicted molar refractivity (Wildman–Crippen MR) is 131 cm³/mol. The number of nitrogens with zero attached hydrogens (tertiary/aromatic N) is 7. The van der Waals surface area contributed by atoms with Crippen molar-refractivity contribution in [3.63, 3.8) is 0 Å². The minimum absolute atomic E-state index is 0.00749. The molecule has 1 aliphatic heterocycles. The van der Waals surface area contributed by atoms with Crippen molar-refractivity contribution in [2.24, 2.45) is 7.05 Å². The molecule has 0 radical (unpaired) electrons. The maximum atomic E-state index is 13.4. The van der Waals surface area contributed by atoms with Gasteiger partial charge in [-0.3, -0.25) is 9.69 Å². The van der Waals surface area contributed by atoms with Crippen molar-refractivity contribution >= 4 is 26.7 Å². The lowest BCUT2D eigenvalue weighted by Gasteiger charge is -2.40. The standard InChI is InChI=1S/C24H26FN7O3S/c1-16-10-22-18(12-27-32(22)20-6-4-19(25)5-7-20)11-21(16)23-15-31(9-8-30(23)14-17(2)33)36(34,35)24-13-26-29(3)28-24/h4-7,10-13,23H,8-9,14-15H2,1-3H3. The largest absolute Gasteiger partial charge is 0.299 e. The summed E-state index contributed by atoms with van der Waals surface area (Å²) in [5, 5.41) is 13.1. The molecule has 4 aromatic rings. The number of fused-ring (bicyclic) bond motifs is 1. The Hall–Kier alpha value is -3.48. The zero-order valence-corrected chi connectivity index (χ0v) is 21.0. The number of sulfonamides is 1. The number of halogens is 1. The Bertz CT molecular complexity index is 1550. The van der Waals surface area contributed by atoms with Gasteiger partial charge in [0.15, 0.2) is 0 Å². The lowest BCUT2D eigenvalue weighted by atomic mass is 9.96. The van der Waals surface area contributed by atoms with Gasteiger partial charge in [-0.1, -0.05) is 0 Å². The average molecular weight is 512 g/mol. The maximum Gasteiger partial charge on any atom is 0.264 e. The fraction of sp³-hybridized carbons (Fsp3) is 0.333. The molecule has 36 heavy (non-hydrogen) atoms. The van der Waals surface area contributed by atoms with Gasteiger partial charge in [0.1, 0.15) is 11.6 Å². The number of hydrogen-bond donors (Lipinski definition) is 0. The van der Waals surface area contributed by atoms with Gasteiger partial charge >= 0.3 is 0 Å². The smallest absolute Gasteiger partial charge is 0.264 e. The van der Waals surface area contributed by atoms with Crippen molar-refractivity contribution in [2.45, 2.75) is 24.9 Å². The lowest BCUT2D eigenvalue weighted by Crippen LogP contribution is -2.51. The van der Waals surface area contributed by atoms with Crippen LogP contribution in [0.25, 0.3) is 16.6 Å². The van der Waals surface area contributed by atoms with Crippen LogP contribution in [-0.4, -0.2) is 74.4 Å². The summed E-state index contributed by atoms with van der Waals surface area (Å²) in [5.74, 6) is -0.314. The first-order valence-corrected chi connectivity index (χ1v) is 12.9. The molecule has 12 heteroatoms. The van der Waals surface area contributed by atoms with Gasteiger partial charge in [0, 0.05) is 38.1 Å². The van der Waals surface area contributed by atoms with Gasteiger partial charge in [0.25, 0.3) is 10.0 Å². The van der Waals surface area contributed by atoms with Crippen LogP contribution < -0.4 is 0 Å². The summed E-state index contributed by atoms with van der Waals surface area (Å²) in [4.78, 5) is 15.3. The molecule has 1 saturated heterocycles. The highest BCUT2D eigenvalue weighted by atomic mass is 32.2. The van der Waals surface area contributed by atoms with E-state index in [4.69, 9.17) is 0 Å². The Balaban J connectivity index is 1.54. The molecule has 0 aliphatic carbocycles. The van der Waals surface area contributed by atoms with Gasteiger partial charge in [-0.2, -0.15) is 19.3 Å². The fourth-order valence-corrected chi connectivity index (χ4v) is 6.03. The maximum absolute atomic E-state index is 13.4. The van der Waals surface area contributed by atoms with Gasteiger partial charge in [0.05, 0.1) is 30.1 Å². The number of Topliss-reactive ketones (excluding diaryl/α,β-unsaturated/α-hetero) is 1. The molecule has 2 aromatic heterocycles. The summed E-state index contributed by atoms with van der Waals surface area (Å²) in [7, 11) is -2.28. The topological polar surface area (TPSA) is 106 Å². The summed E-state index contributed by atoms with van der Waals surface area (Å²) in [6.45, 7) is 4.52. The van der Waals surface area contributed by atoms with Crippen LogP contribution in [-0.2, 0) is 21.9 Å². The first-order valence-electron chi connectivity index (χ1n) is 11.5. The van der Waals surface area contributed by atoms with E-state index in [1.807, 2.05) is 24.0 Å². The number of carbonyl (C=O) groups is 1. The van der Waals surface area contributed by atoms with E-state index in [1.165, 1.54) is 34.4 Å². The van der Waals surface area contributed by atoms with Gasteiger partial charge < -0.3 is 0 Å². The molecule has 1 aliphatic rings. The Kier molecular flexibility index (Phi) is 6.18. The average Bonchev–Trinajstić information content (AvgIpc) is 3.45. The second kappa shape index (κ2) is 9.19. The Morgan fingerprint density at radius 3 is 2.53 bits per heavy atom. The van der Waals surface area contributed by atoms with Crippen LogP contribution in [0.5, 0.6) is 0 Å². The first kappa shape index (κ1) is 24.2. The van der Waals surface area contributed by atoms with Gasteiger partial charge in [-0.25, -0.2) is 17.5 Å². The molecule has 10 nitrogen and oxygen atoms in total. The summed E-state index contributed by atoms with van der Waals surface area (Å²) >= 11 is 0. The molecule has 0 saturated carbocycles. The molecule has 3 heterocycles. The number of piperazine rings is 1. The number of hydrogen-bond acceptors (Lipinski definition) is 7. The molecular formula is C24H26FN7O3S. The number of carbonyl (C=O) groups excluding carboxylic acids is 1. The van der Waals surface area contributed by atoms with Crippen LogP contribution in [0.4, 0.5) is 4.39 Å². The Morgan fingerprint density at radius 2 is 1.86 bits per heavy atom. The minimum Gasteiger partial charge on any atom is -0.299 e. The molecule has 2 aromatic carbocycles. The summed E-state index contributed by atoms with van der Waals surface area (Å²) < 4.78 is 43.1. The SMILES string of the molecule is CC(=O)CN1CCN(S(=O)(=O)c2cnn(C)n2)CC1c1cc2cnn(-c3ccc(F)cc3)c2cc1C. The van der Waals surface area contributed by atoms with Crippen molar-refractivity contribution < 1.29 is 17.6 Å². The zero-order valence-electron chi connectivity index (χ0n) is 20.2. The highest BCUT2D eigenvalue weighted by Crippen LogP contribution is 2.33. The van der Waals surface area contributed by atoms with E-state index in [1.54, 1.807) is 30.1 Å². The van der Waals surface area contributed by atoms with Crippen LogP contribution in [0.15, 0.2) is 53.8 Å². The molecule has 5 rings (SSSR count). The zero-order chi connectivity index (χ0) is 25.6. The highest BCUT2D eigenvalue weighted by molar-refractivity contribution is 7.89. The molecule has 0 amide bonds. The molecule has 188 valence electrons. The van der Waals surface area contributed by atoms with Crippen LogP contribution in [0.1, 0.15) is 24.1 Å². The van der Waals surface area contributed by atoms with E-state index in [0.29, 0.717) is 6.54 Å². The van der Waals surface area contributed by atoms with Crippen molar-refractivity contribution in [1.82, 2.24) is 34.0 Å². The quantitative estimate of drug-likeness (QED) is 0.391. The van der Waals surface area contributed by atoms with Crippen LogP contribution in [0.3, 0.4) is 0 Å². The van der Waals surface area contributed by atoms with Crippen LogP contribution in [0, 0.1) is 12.7 Å². The van der Waals surface area contributed by atoms with E-state index in [-0.39, 0.29) is 42.3 Å². The predicted octanol–water partition coefficient (Wildman–Crippen LogP) is 2.24. The summed E-state index contributed by atoms with van der Waals surface area (Å²) in [5.41, 5.74) is 3.43. The van der Waals surface area contributed by atoms with E-state index in [9.17, 15) is 17.6 Å². The van der Waals surface area contributed by atoms with Crippen molar-refractivity contribution in [3.8, 4) is 5.69 Å². The molecule has 0 spiro atoms. The molecule has 1 unspecified atom stereocenters. The Morgan fingerprint density at radius 1 is 1.11 bits per heavy atom. The van der Waals surface area contributed by atoms with Crippen molar-refractivity contribution in [3.05, 3.63) is 65.7 Å². The Labute approximate surface area is 208 Å². The third-order valence-electron chi connectivity index (χ3n) is 6.45. The number of rotatable bonds is 6. The third kappa shape index (κ3) is 4.43. The number of aromatic nitrogens is 5. The summed E-state index contributed by atoms with van der Waals surface area (Å²) in [6.07, 6.45) is 2.97. The number of aryl methyl sites for hydroxylation is 2. The van der Waals surface area contributed by atoms with Crippen molar-refractivity contribution in [1.29, 1.82) is 0 Å². The normalized spacial score (nSPS) is 17.6. The van der Waals surface area contributed by atoms with E-state index in [2.05, 4.69) is 15.3 Å². The first-order chi connectivity index (χ1) is 17.1. The second-order valence-corrected chi connectivity index (χ2v) is 10.9. The molecule has 0 bridgehead atoms.